The van der Waals surface area contributed by atoms with Crippen molar-refractivity contribution < 1.29 is 4.79 Å². The van der Waals surface area contributed by atoms with Crippen molar-refractivity contribution in [1.29, 1.82) is 0 Å². The van der Waals surface area contributed by atoms with Crippen LogP contribution in [0.4, 0.5) is 0 Å². The van der Waals surface area contributed by atoms with Crippen LogP contribution in [0.5, 0.6) is 0 Å². The normalized spacial score (nSPS) is 16.6. The van der Waals surface area contributed by atoms with Gasteiger partial charge in [0.1, 0.15) is 0 Å². The van der Waals surface area contributed by atoms with Gasteiger partial charge in [0.15, 0.2) is 5.96 Å². The van der Waals surface area contributed by atoms with Crippen LogP contribution in [-0.4, -0.2) is 38.0 Å². The van der Waals surface area contributed by atoms with Gasteiger partial charge in [0.05, 0.1) is 0 Å². The Kier molecular flexibility index (Phi) is 8.80. The number of thiophene rings is 1. The first-order chi connectivity index (χ1) is 12.2. The highest BCUT2D eigenvalue weighted by Gasteiger charge is 2.17. The number of rotatable bonds is 9. The number of carbonyl (C=O) groups is 1. The average molecular weight is 365 g/mol. The van der Waals surface area contributed by atoms with Crippen LogP contribution in [0.25, 0.3) is 0 Å². The second kappa shape index (κ2) is 11.1. The van der Waals surface area contributed by atoms with Gasteiger partial charge in [-0.05, 0) is 48.1 Å². The minimum absolute atomic E-state index is 0.182. The zero-order valence-corrected chi connectivity index (χ0v) is 16.3. The highest BCUT2D eigenvalue weighted by atomic mass is 32.1. The van der Waals surface area contributed by atoms with E-state index in [4.69, 9.17) is 0 Å². The van der Waals surface area contributed by atoms with Crippen molar-refractivity contribution in [3.8, 4) is 0 Å². The van der Waals surface area contributed by atoms with E-state index in [1.54, 1.807) is 11.3 Å². The van der Waals surface area contributed by atoms with Crippen molar-refractivity contribution in [2.75, 3.05) is 26.2 Å². The topological polar surface area (TPSA) is 65.5 Å². The van der Waals surface area contributed by atoms with Gasteiger partial charge in [0.2, 0.25) is 5.91 Å². The number of hydrogen-bond acceptors (Lipinski definition) is 3. The Morgan fingerprint density at radius 2 is 2.04 bits per heavy atom. The zero-order chi connectivity index (χ0) is 17.9. The first kappa shape index (κ1) is 19.8. The van der Waals surface area contributed by atoms with Gasteiger partial charge in [0, 0.05) is 38.5 Å². The Balaban J connectivity index is 1.66. The fourth-order valence-electron chi connectivity index (χ4n) is 3.16. The van der Waals surface area contributed by atoms with E-state index in [1.165, 1.54) is 31.2 Å². The van der Waals surface area contributed by atoms with Gasteiger partial charge in [-0.3, -0.25) is 9.79 Å². The molecule has 25 heavy (non-hydrogen) atoms. The van der Waals surface area contributed by atoms with Crippen LogP contribution in [0.1, 0.15) is 57.4 Å². The van der Waals surface area contributed by atoms with E-state index in [2.05, 4.69) is 51.6 Å². The van der Waals surface area contributed by atoms with Crippen LogP contribution in [0, 0.1) is 5.92 Å². The number of hydrogen-bond donors (Lipinski definition) is 3. The van der Waals surface area contributed by atoms with E-state index in [-0.39, 0.29) is 5.91 Å². The summed E-state index contributed by atoms with van der Waals surface area (Å²) in [7, 11) is 0. The largest absolute Gasteiger partial charge is 0.357 e. The predicted octanol–water partition coefficient (Wildman–Crippen LogP) is 3.10. The number of carbonyl (C=O) groups excluding carboxylic acids is 1. The Morgan fingerprint density at radius 1 is 1.28 bits per heavy atom. The van der Waals surface area contributed by atoms with Gasteiger partial charge in [-0.15, -0.1) is 0 Å². The van der Waals surface area contributed by atoms with Crippen LogP contribution in [0.3, 0.4) is 0 Å². The molecule has 0 bridgehead atoms. The Bertz CT molecular complexity index is 524. The molecule has 0 aromatic carbocycles. The summed E-state index contributed by atoms with van der Waals surface area (Å²) in [6, 6.07) is 2.16. The molecule has 140 valence electrons. The summed E-state index contributed by atoms with van der Waals surface area (Å²) >= 11 is 1.72. The van der Waals surface area contributed by atoms with Crippen LogP contribution in [-0.2, 0) is 4.79 Å². The molecule has 6 heteroatoms. The minimum Gasteiger partial charge on any atom is -0.357 e. The maximum Gasteiger partial charge on any atom is 0.220 e. The Morgan fingerprint density at radius 3 is 2.72 bits per heavy atom. The molecule has 5 nitrogen and oxygen atoms in total. The molecule has 2 rings (SSSR count). The van der Waals surface area contributed by atoms with E-state index in [1.807, 2.05) is 0 Å². The maximum absolute atomic E-state index is 11.9. The third-order valence-electron chi connectivity index (χ3n) is 4.67. The molecule has 0 saturated heterocycles. The fourth-order valence-corrected chi connectivity index (χ4v) is 3.94. The van der Waals surface area contributed by atoms with Gasteiger partial charge < -0.3 is 16.0 Å². The van der Waals surface area contributed by atoms with Gasteiger partial charge >= 0.3 is 0 Å². The molecular formula is C19H32N4OS. The number of nitrogens with zero attached hydrogens (tertiary/aromatic N) is 1. The molecule has 1 aromatic rings. The highest BCUT2D eigenvalue weighted by molar-refractivity contribution is 7.07. The molecule has 1 aliphatic rings. The van der Waals surface area contributed by atoms with Crippen LogP contribution in [0.2, 0.25) is 0 Å². The molecule has 1 aliphatic carbocycles. The lowest BCUT2D eigenvalue weighted by atomic mass is 10.0. The molecule has 0 spiro atoms. The molecule has 1 unspecified atom stereocenters. The fraction of sp³-hybridized carbons (Fsp3) is 0.684. The quantitative estimate of drug-likeness (QED) is 0.358. The third kappa shape index (κ3) is 7.46. The van der Waals surface area contributed by atoms with Crippen LogP contribution in [0.15, 0.2) is 21.8 Å². The third-order valence-corrected chi connectivity index (χ3v) is 5.37. The molecule has 1 saturated carbocycles. The van der Waals surface area contributed by atoms with Gasteiger partial charge in [-0.2, -0.15) is 11.3 Å². The number of amides is 1. The molecule has 0 radical (unpaired) electrons. The van der Waals surface area contributed by atoms with Crippen LogP contribution < -0.4 is 16.0 Å². The SMILES string of the molecule is CCNC(=NCC(C)c1ccsc1)NCCNC(=O)CC1CCCC1. The number of nitrogens with one attached hydrogen (secondary N) is 3. The van der Waals surface area contributed by atoms with Crippen molar-refractivity contribution in [1.82, 2.24) is 16.0 Å². The maximum atomic E-state index is 11.9. The van der Waals surface area contributed by atoms with Crippen molar-refractivity contribution >= 4 is 23.2 Å². The summed E-state index contributed by atoms with van der Waals surface area (Å²) in [5, 5.41) is 13.9. The van der Waals surface area contributed by atoms with E-state index in [9.17, 15) is 4.79 Å². The molecule has 1 heterocycles. The van der Waals surface area contributed by atoms with Crippen molar-refractivity contribution in [3.05, 3.63) is 22.4 Å². The Hall–Kier alpha value is -1.56. The summed E-state index contributed by atoms with van der Waals surface area (Å²) in [6.07, 6.45) is 5.68. The summed E-state index contributed by atoms with van der Waals surface area (Å²) in [5.41, 5.74) is 1.34. The molecule has 0 aliphatic heterocycles. The lowest BCUT2D eigenvalue weighted by molar-refractivity contribution is -0.121. The van der Waals surface area contributed by atoms with E-state index in [0.717, 1.165) is 19.0 Å². The lowest BCUT2D eigenvalue weighted by Gasteiger charge is -2.14. The molecule has 1 atom stereocenters. The summed E-state index contributed by atoms with van der Waals surface area (Å²) in [5.74, 6) is 2.01. The van der Waals surface area contributed by atoms with Crippen molar-refractivity contribution in [3.63, 3.8) is 0 Å². The number of guanidine groups is 1. The predicted molar refractivity (Wildman–Crippen MR) is 106 cm³/mol. The van der Waals surface area contributed by atoms with Gasteiger partial charge in [-0.1, -0.05) is 19.8 Å². The summed E-state index contributed by atoms with van der Waals surface area (Å²) < 4.78 is 0. The summed E-state index contributed by atoms with van der Waals surface area (Å²) in [6.45, 7) is 7.15. The average Bonchev–Trinajstić information content (AvgIpc) is 3.29. The summed E-state index contributed by atoms with van der Waals surface area (Å²) in [4.78, 5) is 16.6. The van der Waals surface area contributed by atoms with E-state index < -0.39 is 0 Å². The zero-order valence-electron chi connectivity index (χ0n) is 15.5. The van der Waals surface area contributed by atoms with Gasteiger partial charge in [-0.25, -0.2) is 0 Å². The molecular weight excluding hydrogens is 332 g/mol. The standard InChI is InChI=1S/C19H32N4OS/c1-3-20-19(23-13-15(2)17-8-11-25-14-17)22-10-9-21-18(24)12-16-6-4-5-7-16/h8,11,14-16H,3-7,9-10,12-13H2,1-2H3,(H,21,24)(H2,20,22,23). The second-order valence-electron chi connectivity index (χ2n) is 6.81. The lowest BCUT2D eigenvalue weighted by Crippen LogP contribution is -2.41. The first-order valence-electron chi connectivity index (χ1n) is 9.50. The minimum atomic E-state index is 0.182. The number of aliphatic imine (C=N–C) groups is 1. The van der Waals surface area contributed by atoms with E-state index in [0.29, 0.717) is 31.3 Å². The molecule has 1 amide bonds. The van der Waals surface area contributed by atoms with Crippen LogP contribution >= 0.6 is 11.3 Å². The monoisotopic (exact) mass is 364 g/mol. The van der Waals surface area contributed by atoms with Crippen molar-refractivity contribution in [2.24, 2.45) is 10.9 Å². The molecule has 1 fully saturated rings. The second-order valence-corrected chi connectivity index (χ2v) is 7.59. The Labute approximate surface area is 155 Å². The molecule has 1 aromatic heterocycles. The highest BCUT2D eigenvalue weighted by Crippen LogP contribution is 2.27. The first-order valence-corrected chi connectivity index (χ1v) is 10.4. The smallest absolute Gasteiger partial charge is 0.220 e. The van der Waals surface area contributed by atoms with E-state index >= 15 is 0 Å². The molecule has 3 N–H and O–H groups in total. The van der Waals surface area contributed by atoms with Gasteiger partial charge in [0.25, 0.3) is 0 Å². The van der Waals surface area contributed by atoms with Crippen molar-refractivity contribution in [2.45, 2.75) is 51.9 Å².